The Morgan fingerprint density at radius 3 is 2.40 bits per heavy atom. The predicted molar refractivity (Wildman–Crippen MR) is 72.4 cm³/mol. The molecule has 0 bridgehead atoms. The van der Waals surface area contributed by atoms with E-state index >= 15 is 0 Å². The Labute approximate surface area is 116 Å². The van der Waals surface area contributed by atoms with Crippen molar-refractivity contribution in [2.75, 3.05) is 0 Å². The molecule has 0 saturated heterocycles. The molecule has 0 aliphatic heterocycles. The van der Waals surface area contributed by atoms with Crippen molar-refractivity contribution in [3.63, 3.8) is 0 Å². The number of carbonyl (C=O) groups is 1. The van der Waals surface area contributed by atoms with E-state index in [2.05, 4.69) is 4.74 Å². The molecule has 0 spiro atoms. The fourth-order valence-electron chi connectivity index (χ4n) is 2.07. The van der Waals surface area contributed by atoms with E-state index in [-0.39, 0.29) is 17.1 Å². The smallest absolute Gasteiger partial charge is 0.387 e. The second-order valence-electron chi connectivity index (χ2n) is 4.52. The standard InChI is InChI=1S/C16H14F2O2/c1-10-7-8-12(11(2)9-10)15(19)13-5-3-4-6-14(13)20-16(17)18/h3-9,16H,1-2H3. The molecule has 20 heavy (non-hydrogen) atoms. The quantitative estimate of drug-likeness (QED) is 0.785. The summed E-state index contributed by atoms with van der Waals surface area (Å²) in [6.45, 7) is 0.786. The molecule has 0 heterocycles. The van der Waals surface area contributed by atoms with Crippen LogP contribution in [-0.4, -0.2) is 12.4 Å². The van der Waals surface area contributed by atoms with Gasteiger partial charge >= 0.3 is 6.61 Å². The first kappa shape index (κ1) is 14.2. The molecule has 0 fully saturated rings. The zero-order chi connectivity index (χ0) is 14.7. The van der Waals surface area contributed by atoms with Crippen LogP contribution >= 0.6 is 0 Å². The topological polar surface area (TPSA) is 26.3 Å². The molecule has 2 rings (SSSR count). The van der Waals surface area contributed by atoms with Gasteiger partial charge in [0, 0.05) is 5.56 Å². The minimum atomic E-state index is -2.96. The van der Waals surface area contributed by atoms with E-state index in [4.69, 9.17) is 0 Å². The van der Waals surface area contributed by atoms with E-state index in [0.717, 1.165) is 11.1 Å². The molecule has 2 nitrogen and oxygen atoms in total. The molecule has 0 saturated carbocycles. The number of ether oxygens (including phenoxy) is 1. The molecular weight excluding hydrogens is 262 g/mol. The Kier molecular flexibility index (Phi) is 4.13. The molecule has 0 aromatic heterocycles. The monoisotopic (exact) mass is 276 g/mol. The van der Waals surface area contributed by atoms with Crippen LogP contribution in [0.4, 0.5) is 8.78 Å². The van der Waals surface area contributed by atoms with Gasteiger partial charge in [0.1, 0.15) is 5.75 Å². The van der Waals surface area contributed by atoms with Crippen LogP contribution in [0.15, 0.2) is 42.5 Å². The largest absolute Gasteiger partial charge is 0.434 e. The van der Waals surface area contributed by atoms with Gasteiger partial charge < -0.3 is 4.74 Å². The van der Waals surface area contributed by atoms with Gasteiger partial charge in [0.25, 0.3) is 0 Å². The van der Waals surface area contributed by atoms with Gasteiger partial charge in [-0.1, -0.05) is 35.9 Å². The molecule has 104 valence electrons. The fourth-order valence-corrected chi connectivity index (χ4v) is 2.07. The van der Waals surface area contributed by atoms with E-state index in [1.165, 1.54) is 12.1 Å². The number of alkyl halides is 2. The van der Waals surface area contributed by atoms with E-state index in [9.17, 15) is 13.6 Å². The van der Waals surface area contributed by atoms with Crippen molar-refractivity contribution in [2.45, 2.75) is 20.5 Å². The van der Waals surface area contributed by atoms with Gasteiger partial charge in [-0.25, -0.2) is 0 Å². The Hall–Kier alpha value is -2.23. The van der Waals surface area contributed by atoms with E-state index < -0.39 is 6.61 Å². The zero-order valence-electron chi connectivity index (χ0n) is 11.2. The summed E-state index contributed by atoms with van der Waals surface area (Å²) in [6, 6.07) is 11.4. The van der Waals surface area contributed by atoms with Crippen molar-refractivity contribution in [3.05, 3.63) is 64.7 Å². The fraction of sp³-hybridized carbons (Fsp3) is 0.188. The SMILES string of the molecule is Cc1ccc(C(=O)c2ccccc2OC(F)F)c(C)c1. The van der Waals surface area contributed by atoms with Crippen LogP contribution < -0.4 is 4.74 Å². The molecule has 0 amide bonds. The molecule has 0 aliphatic rings. The number of halogens is 2. The van der Waals surface area contributed by atoms with Crippen LogP contribution in [0.3, 0.4) is 0 Å². The summed E-state index contributed by atoms with van der Waals surface area (Å²) in [6.07, 6.45) is 0. The highest BCUT2D eigenvalue weighted by Gasteiger charge is 2.18. The van der Waals surface area contributed by atoms with Gasteiger partial charge in [0.05, 0.1) is 5.56 Å². The third-order valence-corrected chi connectivity index (χ3v) is 2.97. The maximum Gasteiger partial charge on any atom is 0.387 e. The second kappa shape index (κ2) is 5.82. The van der Waals surface area contributed by atoms with Crippen LogP contribution in [0.25, 0.3) is 0 Å². The number of hydrogen-bond acceptors (Lipinski definition) is 2. The van der Waals surface area contributed by atoms with Crippen molar-refractivity contribution < 1.29 is 18.3 Å². The molecule has 0 unspecified atom stereocenters. The molecule has 2 aromatic rings. The van der Waals surface area contributed by atoms with E-state index in [1.54, 1.807) is 18.2 Å². The lowest BCUT2D eigenvalue weighted by Crippen LogP contribution is -2.09. The predicted octanol–water partition coefficient (Wildman–Crippen LogP) is 4.14. The molecule has 0 radical (unpaired) electrons. The van der Waals surface area contributed by atoms with Crippen LogP contribution in [-0.2, 0) is 0 Å². The van der Waals surface area contributed by atoms with Gasteiger partial charge in [0.15, 0.2) is 5.78 Å². The number of ketones is 1. The summed E-state index contributed by atoms with van der Waals surface area (Å²) in [5.41, 5.74) is 2.47. The first-order valence-corrected chi connectivity index (χ1v) is 6.15. The lowest BCUT2D eigenvalue weighted by atomic mass is 9.97. The maximum atomic E-state index is 12.5. The van der Waals surface area contributed by atoms with Crippen LogP contribution in [0.1, 0.15) is 27.0 Å². The summed E-state index contributed by atoms with van der Waals surface area (Å²) in [4.78, 5) is 12.5. The summed E-state index contributed by atoms with van der Waals surface area (Å²) in [5, 5.41) is 0. The molecule has 0 atom stereocenters. The average molecular weight is 276 g/mol. The first-order valence-electron chi connectivity index (χ1n) is 6.15. The first-order chi connectivity index (χ1) is 9.49. The second-order valence-corrected chi connectivity index (χ2v) is 4.52. The molecular formula is C16H14F2O2. The number of rotatable bonds is 4. The van der Waals surface area contributed by atoms with Gasteiger partial charge in [-0.05, 0) is 31.5 Å². The Bertz CT molecular complexity index is 636. The minimum absolute atomic E-state index is 0.104. The zero-order valence-corrected chi connectivity index (χ0v) is 11.2. The van der Waals surface area contributed by atoms with Crippen LogP contribution in [0.2, 0.25) is 0 Å². The molecule has 0 N–H and O–H groups in total. The number of carbonyl (C=O) groups excluding carboxylic acids is 1. The Balaban J connectivity index is 2.43. The third-order valence-electron chi connectivity index (χ3n) is 2.97. The number of para-hydroxylation sites is 1. The van der Waals surface area contributed by atoms with Gasteiger partial charge in [-0.2, -0.15) is 8.78 Å². The Morgan fingerprint density at radius 1 is 1.05 bits per heavy atom. The normalized spacial score (nSPS) is 10.7. The van der Waals surface area contributed by atoms with Gasteiger partial charge in [-0.3, -0.25) is 4.79 Å². The highest BCUT2D eigenvalue weighted by atomic mass is 19.3. The molecule has 4 heteroatoms. The van der Waals surface area contributed by atoms with Crippen molar-refractivity contribution in [1.29, 1.82) is 0 Å². The van der Waals surface area contributed by atoms with Gasteiger partial charge in [0.2, 0.25) is 0 Å². The highest BCUT2D eigenvalue weighted by Crippen LogP contribution is 2.24. The van der Waals surface area contributed by atoms with Crippen molar-refractivity contribution >= 4 is 5.78 Å². The number of aryl methyl sites for hydroxylation is 2. The maximum absolute atomic E-state index is 12.5. The van der Waals surface area contributed by atoms with E-state index in [1.807, 2.05) is 26.0 Å². The van der Waals surface area contributed by atoms with E-state index in [0.29, 0.717) is 5.56 Å². The van der Waals surface area contributed by atoms with Crippen molar-refractivity contribution in [1.82, 2.24) is 0 Å². The summed E-state index contributed by atoms with van der Waals surface area (Å²) >= 11 is 0. The minimum Gasteiger partial charge on any atom is -0.434 e. The number of benzene rings is 2. The summed E-state index contributed by atoms with van der Waals surface area (Å²) in [7, 11) is 0. The summed E-state index contributed by atoms with van der Waals surface area (Å²) in [5.74, 6) is -0.425. The average Bonchev–Trinajstić information content (AvgIpc) is 2.38. The van der Waals surface area contributed by atoms with Crippen LogP contribution in [0.5, 0.6) is 5.75 Å². The lowest BCUT2D eigenvalue weighted by molar-refractivity contribution is -0.0501. The Morgan fingerprint density at radius 2 is 1.75 bits per heavy atom. The molecule has 2 aromatic carbocycles. The highest BCUT2D eigenvalue weighted by molar-refractivity contribution is 6.11. The van der Waals surface area contributed by atoms with Gasteiger partial charge in [-0.15, -0.1) is 0 Å². The van der Waals surface area contributed by atoms with Crippen molar-refractivity contribution in [2.24, 2.45) is 0 Å². The third kappa shape index (κ3) is 3.02. The lowest BCUT2D eigenvalue weighted by Gasteiger charge is -2.11. The van der Waals surface area contributed by atoms with Crippen molar-refractivity contribution in [3.8, 4) is 5.75 Å². The summed E-state index contributed by atoms with van der Waals surface area (Å²) < 4.78 is 29.1. The molecule has 0 aliphatic carbocycles. The van der Waals surface area contributed by atoms with Crippen LogP contribution in [0, 0.1) is 13.8 Å². The number of hydrogen-bond donors (Lipinski definition) is 0.